The highest BCUT2D eigenvalue weighted by molar-refractivity contribution is 5.79. The van der Waals surface area contributed by atoms with Gasteiger partial charge in [0, 0.05) is 0 Å². The fourth-order valence-corrected chi connectivity index (χ4v) is 4.99. The maximum Gasteiger partial charge on any atom is 0.323 e. The zero-order valence-corrected chi connectivity index (χ0v) is 25.2. The van der Waals surface area contributed by atoms with Crippen LogP contribution in [0.5, 0.6) is 0 Å². The predicted octanol–water partition coefficient (Wildman–Crippen LogP) is 7.38. The zero-order chi connectivity index (χ0) is 30.1. The van der Waals surface area contributed by atoms with Crippen LogP contribution in [-0.4, -0.2) is 35.9 Å². The summed E-state index contributed by atoms with van der Waals surface area (Å²) < 4.78 is 25.0. The number of nitrogens with one attached hydrogen (secondary N) is 1. The number of alkyl halides is 1. The van der Waals surface area contributed by atoms with Gasteiger partial charge in [-0.2, -0.15) is 0 Å². The molecule has 0 aliphatic carbocycles. The lowest BCUT2D eigenvalue weighted by Gasteiger charge is -2.40. The third-order valence-electron chi connectivity index (χ3n) is 6.65. The third kappa shape index (κ3) is 8.99. The molecular weight excluding hydrogens is 516 g/mol. The molecule has 0 amide bonds. The monoisotopic (exact) mass is 560 g/mol. The third-order valence-corrected chi connectivity index (χ3v) is 6.65. The number of hydrogen-bond donors (Lipinski definition) is 1. The molecule has 0 fully saturated rings. The summed E-state index contributed by atoms with van der Waals surface area (Å²) in [5.41, 5.74) is 0.313. The van der Waals surface area contributed by atoms with Gasteiger partial charge in [0.25, 0.3) is 0 Å². The van der Waals surface area contributed by atoms with Gasteiger partial charge in [-0.3, -0.25) is 19.3 Å². The molecule has 2 atom stereocenters. The standard InChI is InChI=1S/C35H44FNO4/c1-33(2,3)40-31(38)26(17-16-24-36)25-30(32(39)41-34(4,5)6)37-35(27-18-10-7-11-19-27,28-20-12-8-13-21-28)29-22-14-9-15-23-29/h7-15,18-23,26,30,37H,16-17,24-25H2,1-6H3/t26-,30+/m1/s1/i36-1. The van der Waals surface area contributed by atoms with Crippen LogP contribution in [0.15, 0.2) is 91.0 Å². The molecule has 1 N–H and O–H groups in total. The van der Waals surface area contributed by atoms with Crippen LogP contribution in [0.2, 0.25) is 0 Å². The van der Waals surface area contributed by atoms with Crippen molar-refractivity contribution < 1.29 is 23.5 Å². The summed E-state index contributed by atoms with van der Waals surface area (Å²) in [5, 5.41) is 3.69. The lowest BCUT2D eigenvalue weighted by atomic mass is 9.76. The number of esters is 2. The van der Waals surface area contributed by atoms with Gasteiger partial charge in [0.1, 0.15) is 17.2 Å². The van der Waals surface area contributed by atoms with E-state index in [9.17, 15) is 14.0 Å². The highest BCUT2D eigenvalue weighted by atomic mass is 18.2. The van der Waals surface area contributed by atoms with E-state index in [-0.39, 0.29) is 19.3 Å². The molecule has 3 rings (SSSR count). The largest absolute Gasteiger partial charge is 0.460 e. The van der Waals surface area contributed by atoms with Crippen LogP contribution in [0.3, 0.4) is 0 Å². The van der Waals surface area contributed by atoms with E-state index in [1.54, 1.807) is 20.8 Å². The molecule has 3 aromatic rings. The van der Waals surface area contributed by atoms with E-state index in [1.165, 1.54) is 0 Å². The van der Waals surface area contributed by atoms with Gasteiger partial charge in [-0.15, -0.1) is 0 Å². The highest BCUT2D eigenvalue weighted by Crippen LogP contribution is 2.38. The van der Waals surface area contributed by atoms with Crippen LogP contribution < -0.4 is 5.32 Å². The molecule has 0 aliphatic rings. The summed E-state index contributed by atoms with van der Waals surface area (Å²) in [5.74, 6) is -1.65. The van der Waals surface area contributed by atoms with Gasteiger partial charge in [0.15, 0.2) is 0 Å². The van der Waals surface area contributed by atoms with Crippen molar-refractivity contribution in [1.82, 2.24) is 5.32 Å². The van der Waals surface area contributed by atoms with Gasteiger partial charge in [0.05, 0.1) is 18.1 Å². The second-order valence-corrected chi connectivity index (χ2v) is 12.4. The first-order valence-electron chi connectivity index (χ1n) is 14.3. The molecule has 220 valence electrons. The molecule has 0 saturated carbocycles. The van der Waals surface area contributed by atoms with E-state index in [4.69, 9.17) is 9.47 Å². The molecule has 5 nitrogen and oxygen atoms in total. The van der Waals surface area contributed by atoms with E-state index in [2.05, 4.69) is 5.32 Å². The molecule has 6 heteroatoms. The van der Waals surface area contributed by atoms with E-state index in [0.29, 0.717) is 0 Å². The number of carbonyl (C=O) groups excluding carboxylic acids is 2. The first kappa shape index (κ1) is 32.0. The lowest BCUT2D eigenvalue weighted by Crippen LogP contribution is -2.54. The Morgan fingerprint density at radius 3 is 1.44 bits per heavy atom. The van der Waals surface area contributed by atoms with Crippen molar-refractivity contribution in [3.8, 4) is 0 Å². The van der Waals surface area contributed by atoms with Gasteiger partial charge >= 0.3 is 11.9 Å². The normalized spacial score (nSPS) is 13.7. The average Bonchev–Trinajstić information content (AvgIpc) is 2.92. The minimum Gasteiger partial charge on any atom is -0.460 e. The predicted molar refractivity (Wildman–Crippen MR) is 161 cm³/mol. The second-order valence-electron chi connectivity index (χ2n) is 12.4. The second kappa shape index (κ2) is 13.9. The van der Waals surface area contributed by atoms with Crippen LogP contribution in [0.25, 0.3) is 0 Å². The zero-order valence-electron chi connectivity index (χ0n) is 25.2. The quantitative estimate of drug-likeness (QED) is 0.185. The number of hydrogen-bond acceptors (Lipinski definition) is 5. The summed E-state index contributed by atoms with van der Waals surface area (Å²) in [6.45, 7) is 10.3. The first-order chi connectivity index (χ1) is 19.4. The van der Waals surface area contributed by atoms with E-state index >= 15 is 0 Å². The summed E-state index contributed by atoms with van der Waals surface area (Å²) in [6.07, 6.45) is 0.519. The topological polar surface area (TPSA) is 64.6 Å². The Bertz CT molecular complexity index is 1140. The number of benzene rings is 3. The van der Waals surface area contributed by atoms with Crippen molar-refractivity contribution >= 4 is 11.9 Å². The van der Waals surface area contributed by atoms with Crippen molar-refractivity contribution in [2.24, 2.45) is 5.92 Å². The Labute approximate surface area is 244 Å². The van der Waals surface area contributed by atoms with Crippen molar-refractivity contribution in [1.29, 1.82) is 0 Å². The van der Waals surface area contributed by atoms with Gasteiger partial charge in [-0.25, -0.2) is 0 Å². The SMILES string of the molecule is CC(C)(C)OC(=O)[C@H](CCC[18F])C[C@H](NC(c1ccccc1)(c1ccccc1)c1ccccc1)C(=O)OC(C)(C)C. The summed E-state index contributed by atoms with van der Waals surface area (Å²) in [4.78, 5) is 27.3. The van der Waals surface area contributed by atoms with E-state index in [1.807, 2.05) is 112 Å². The maximum absolute atomic E-state index is 13.9. The van der Waals surface area contributed by atoms with Gasteiger partial charge < -0.3 is 9.47 Å². The Morgan fingerprint density at radius 1 is 0.683 bits per heavy atom. The van der Waals surface area contributed by atoms with Crippen LogP contribution in [-0.2, 0) is 24.6 Å². The van der Waals surface area contributed by atoms with Crippen molar-refractivity contribution in [3.63, 3.8) is 0 Å². The van der Waals surface area contributed by atoms with Crippen molar-refractivity contribution in [3.05, 3.63) is 108 Å². The lowest BCUT2D eigenvalue weighted by molar-refractivity contribution is -0.163. The molecule has 0 radical (unpaired) electrons. The Morgan fingerprint density at radius 2 is 1.07 bits per heavy atom. The average molecular weight is 561 g/mol. The first-order valence-corrected chi connectivity index (χ1v) is 14.3. The van der Waals surface area contributed by atoms with Gasteiger partial charge in [0.2, 0.25) is 0 Å². The molecule has 0 aromatic heterocycles. The van der Waals surface area contributed by atoms with Gasteiger partial charge in [-0.05, 0) is 77.5 Å². The molecule has 3 aromatic carbocycles. The smallest absolute Gasteiger partial charge is 0.323 e. The number of ether oxygens (including phenoxy) is 2. The molecule has 0 heterocycles. The van der Waals surface area contributed by atoms with Crippen molar-refractivity contribution in [2.75, 3.05) is 6.67 Å². The Balaban J connectivity index is 2.20. The fourth-order valence-electron chi connectivity index (χ4n) is 4.99. The molecule has 0 spiro atoms. The highest BCUT2D eigenvalue weighted by Gasteiger charge is 2.42. The summed E-state index contributed by atoms with van der Waals surface area (Å²) in [7, 11) is 0. The Hall–Kier alpha value is -3.51. The number of halogens is 1. The molecule has 0 aliphatic heterocycles. The summed E-state index contributed by atoms with van der Waals surface area (Å²) in [6, 6.07) is 28.8. The molecular formula is C35H44FNO4. The molecule has 0 bridgehead atoms. The number of carbonyl (C=O) groups is 2. The molecule has 0 saturated heterocycles. The Kier molecular flexibility index (Phi) is 10.9. The van der Waals surface area contributed by atoms with Crippen LogP contribution in [0, 0.1) is 5.92 Å². The van der Waals surface area contributed by atoms with Crippen LogP contribution >= 0.6 is 0 Å². The maximum atomic E-state index is 13.9. The minimum atomic E-state index is -0.968. The minimum absolute atomic E-state index is 0.0814. The number of rotatable bonds is 12. The van der Waals surface area contributed by atoms with Crippen molar-refractivity contribution in [2.45, 2.75) is 83.6 Å². The molecule has 41 heavy (non-hydrogen) atoms. The van der Waals surface area contributed by atoms with E-state index in [0.717, 1.165) is 16.7 Å². The molecule has 0 unspecified atom stereocenters. The summed E-state index contributed by atoms with van der Waals surface area (Å²) >= 11 is 0. The van der Waals surface area contributed by atoms with Crippen LogP contribution in [0.4, 0.5) is 4.39 Å². The van der Waals surface area contributed by atoms with E-state index < -0.39 is 47.3 Å². The van der Waals surface area contributed by atoms with Crippen LogP contribution in [0.1, 0.15) is 77.5 Å². The fraction of sp³-hybridized carbons (Fsp3) is 0.429. The van der Waals surface area contributed by atoms with Gasteiger partial charge in [-0.1, -0.05) is 91.0 Å².